The molecular weight excluding hydrogens is 277 g/mol. The van der Waals surface area contributed by atoms with Crippen LogP contribution in [0.4, 0.5) is 4.39 Å². The van der Waals surface area contributed by atoms with Crippen LogP contribution in [0.2, 0.25) is 0 Å². The molecular formula is C18H22FN3. The molecule has 0 bridgehead atoms. The Morgan fingerprint density at radius 2 is 1.82 bits per heavy atom. The van der Waals surface area contributed by atoms with Crippen molar-refractivity contribution in [1.82, 2.24) is 10.6 Å². The Morgan fingerprint density at radius 3 is 2.50 bits per heavy atom. The minimum atomic E-state index is -0.231. The number of halogens is 1. The molecule has 0 aliphatic rings. The summed E-state index contributed by atoms with van der Waals surface area (Å²) in [6, 6.07) is 14.9. The summed E-state index contributed by atoms with van der Waals surface area (Å²) < 4.78 is 13.2. The Kier molecular flexibility index (Phi) is 5.95. The third-order valence-corrected chi connectivity index (χ3v) is 3.23. The fraction of sp³-hybridized carbons (Fsp3) is 0.278. The second-order valence-electron chi connectivity index (χ2n) is 5.16. The van der Waals surface area contributed by atoms with Gasteiger partial charge in [-0.15, -0.1) is 0 Å². The predicted octanol–water partition coefficient (Wildman–Crippen LogP) is 3.39. The lowest BCUT2D eigenvalue weighted by Crippen LogP contribution is -2.36. The topological polar surface area (TPSA) is 36.4 Å². The molecule has 3 nitrogen and oxygen atoms in total. The van der Waals surface area contributed by atoms with E-state index in [4.69, 9.17) is 0 Å². The van der Waals surface area contributed by atoms with Crippen LogP contribution < -0.4 is 10.6 Å². The summed E-state index contributed by atoms with van der Waals surface area (Å²) in [4.78, 5) is 4.49. The van der Waals surface area contributed by atoms with E-state index in [9.17, 15) is 4.39 Å². The second-order valence-corrected chi connectivity index (χ2v) is 5.16. The number of aliphatic imine (C=N–C) groups is 1. The Labute approximate surface area is 131 Å². The van der Waals surface area contributed by atoms with E-state index >= 15 is 0 Å². The van der Waals surface area contributed by atoms with Gasteiger partial charge in [0.05, 0.1) is 6.54 Å². The maximum Gasteiger partial charge on any atom is 0.191 e. The lowest BCUT2D eigenvalue weighted by Gasteiger charge is -2.11. The van der Waals surface area contributed by atoms with Gasteiger partial charge < -0.3 is 10.6 Å². The number of guanidine groups is 1. The highest BCUT2D eigenvalue weighted by Gasteiger charge is 1.99. The van der Waals surface area contributed by atoms with Crippen molar-refractivity contribution in [1.29, 1.82) is 0 Å². The van der Waals surface area contributed by atoms with Gasteiger partial charge in [-0.2, -0.15) is 0 Å². The van der Waals surface area contributed by atoms with Crippen LogP contribution >= 0.6 is 0 Å². The zero-order valence-corrected chi connectivity index (χ0v) is 13.1. The maximum atomic E-state index is 13.2. The Balaban J connectivity index is 1.96. The van der Waals surface area contributed by atoms with Crippen molar-refractivity contribution in [3.63, 3.8) is 0 Å². The van der Waals surface area contributed by atoms with Gasteiger partial charge in [0.2, 0.25) is 0 Å². The number of rotatable bonds is 5. The maximum absolute atomic E-state index is 13.2. The van der Waals surface area contributed by atoms with E-state index in [-0.39, 0.29) is 5.82 Å². The molecule has 0 aromatic heterocycles. The average molecular weight is 299 g/mol. The molecule has 0 amide bonds. The van der Waals surface area contributed by atoms with E-state index in [1.807, 2.05) is 13.0 Å². The molecule has 0 spiro atoms. The minimum Gasteiger partial charge on any atom is -0.357 e. The Hall–Kier alpha value is -2.36. The zero-order chi connectivity index (χ0) is 15.8. The molecule has 2 aromatic carbocycles. The van der Waals surface area contributed by atoms with E-state index in [1.54, 1.807) is 6.07 Å². The highest BCUT2D eigenvalue weighted by molar-refractivity contribution is 5.79. The van der Waals surface area contributed by atoms with Gasteiger partial charge in [-0.25, -0.2) is 9.38 Å². The fourth-order valence-electron chi connectivity index (χ4n) is 2.04. The fourth-order valence-corrected chi connectivity index (χ4v) is 2.04. The lowest BCUT2D eigenvalue weighted by molar-refractivity contribution is 0.625. The van der Waals surface area contributed by atoms with Crippen molar-refractivity contribution in [2.24, 2.45) is 4.99 Å². The summed E-state index contributed by atoms with van der Waals surface area (Å²) in [6.45, 7) is 6.02. The third kappa shape index (κ3) is 5.20. The van der Waals surface area contributed by atoms with Crippen molar-refractivity contribution >= 4 is 5.96 Å². The first kappa shape index (κ1) is 16.0. The number of nitrogens with one attached hydrogen (secondary N) is 2. The number of hydrogen-bond donors (Lipinski definition) is 2. The number of hydrogen-bond acceptors (Lipinski definition) is 1. The average Bonchev–Trinajstić information content (AvgIpc) is 2.52. The van der Waals surface area contributed by atoms with Crippen LogP contribution in [0.25, 0.3) is 0 Å². The van der Waals surface area contributed by atoms with Gasteiger partial charge >= 0.3 is 0 Å². The quantitative estimate of drug-likeness (QED) is 0.656. The summed E-state index contributed by atoms with van der Waals surface area (Å²) in [5, 5.41) is 6.48. The normalized spacial score (nSPS) is 11.3. The van der Waals surface area contributed by atoms with Crippen molar-refractivity contribution in [2.75, 3.05) is 6.54 Å². The number of nitrogens with zero attached hydrogens (tertiary/aromatic N) is 1. The van der Waals surface area contributed by atoms with Crippen molar-refractivity contribution in [3.8, 4) is 0 Å². The minimum absolute atomic E-state index is 0.231. The molecule has 116 valence electrons. The van der Waals surface area contributed by atoms with Crippen LogP contribution in [0, 0.1) is 12.7 Å². The summed E-state index contributed by atoms with van der Waals surface area (Å²) in [6.07, 6.45) is 0. The van der Waals surface area contributed by atoms with Gasteiger partial charge in [-0.1, -0.05) is 42.0 Å². The van der Waals surface area contributed by atoms with Crippen LogP contribution in [0.15, 0.2) is 53.5 Å². The molecule has 2 rings (SSSR count). The first-order valence-electron chi connectivity index (χ1n) is 7.49. The first-order chi connectivity index (χ1) is 10.7. The molecule has 0 fully saturated rings. The van der Waals surface area contributed by atoms with E-state index in [0.717, 1.165) is 18.1 Å². The Morgan fingerprint density at radius 1 is 1.05 bits per heavy atom. The molecule has 0 atom stereocenters. The summed E-state index contributed by atoms with van der Waals surface area (Å²) >= 11 is 0. The molecule has 0 aliphatic carbocycles. The van der Waals surface area contributed by atoms with Gasteiger partial charge in [0.25, 0.3) is 0 Å². The van der Waals surface area contributed by atoms with Gasteiger partial charge in [0.15, 0.2) is 5.96 Å². The highest BCUT2D eigenvalue weighted by Crippen LogP contribution is 2.05. The molecule has 22 heavy (non-hydrogen) atoms. The zero-order valence-electron chi connectivity index (χ0n) is 13.1. The number of aryl methyl sites for hydroxylation is 1. The molecule has 4 heteroatoms. The van der Waals surface area contributed by atoms with Crippen molar-refractivity contribution < 1.29 is 4.39 Å². The first-order valence-corrected chi connectivity index (χ1v) is 7.49. The van der Waals surface area contributed by atoms with Crippen LogP contribution in [0.5, 0.6) is 0 Å². The molecule has 0 saturated carbocycles. The SMILES string of the molecule is CCNC(=NCc1cccc(F)c1)NCc1ccc(C)cc1. The standard InChI is InChI=1S/C18H22FN3/c1-3-20-18(21-12-15-9-7-14(2)8-10-15)22-13-16-5-4-6-17(19)11-16/h4-11H,3,12-13H2,1-2H3,(H2,20,21,22). The van der Waals surface area contributed by atoms with Crippen LogP contribution in [-0.2, 0) is 13.1 Å². The van der Waals surface area contributed by atoms with Gasteiger partial charge in [-0.05, 0) is 37.1 Å². The Bertz CT molecular complexity index is 620. The number of benzene rings is 2. The van der Waals surface area contributed by atoms with Crippen molar-refractivity contribution in [2.45, 2.75) is 26.9 Å². The monoisotopic (exact) mass is 299 g/mol. The van der Waals surface area contributed by atoms with E-state index in [0.29, 0.717) is 13.1 Å². The molecule has 2 aromatic rings. The summed E-state index contributed by atoms with van der Waals surface area (Å²) in [5.41, 5.74) is 3.30. The molecule has 0 radical (unpaired) electrons. The van der Waals surface area contributed by atoms with Gasteiger partial charge in [0.1, 0.15) is 5.82 Å². The third-order valence-electron chi connectivity index (χ3n) is 3.23. The van der Waals surface area contributed by atoms with Crippen molar-refractivity contribution in [3.05, 3.63) is 71.0 Å². The van der Waals surface area contributed by atoms with E-state index in [2.05, 4.69) is 46.8 Å². The van der Waals surface area contributed by atoms with Crippen LogP contribution in [0.3, 0.4) is 0 Å². The molecule has 2 N–H and O–H groups in total. The lowest BCUT2D eigenvalue weighted by atomic mass is 10.1. The smallest absolute Gasteiger partial charge is 0.191 e. The van der Waals surface area contributed by atoms with E-state index < -0.39 is 0 Å². The molecule has 0 aliphatic heterocycles. The predicted molar refractivity (Wildman–Crippen MR) is 89.2 cm³/mol. The highest BCUT2D eigenvalue weighted by atomic mass is 19.1. The molecule has 0 saturated heterocycles. The van der Waals surface area contributed by atoms with Gasteiger partial charge in [-0.3, -0.25) is 0 Å². The van der Waals surface area contributed by atoms with Crippen LogP contribution in [-0.4, -0.2) is 12.5 Å². The second kappa shape index (κ2) is 8.17. The largest absolute Gasteiger partial charge is 0.357 e. The van der Waals surface area contributed by atoms with E-state index in [1.165, 1.54) is 23.3 Å². The molecule has 0 unspecified atom stereocenters. The van der Waals surface area contributed by atoms with Crippen LogP contribution in [0.1, 0.15) is 23.6 Å². The van der Waals surface area contributed by atoms with Gasteiger partial charge in [0, 0.05) is 13.1 Å². The summed E-state index contributed by atoms with van der Waals surface area (Å²) in [5.74, 6) is 0.498. The molecule has 0 heterocycles. The summed E-state index contributed by atoms with van der Waals surface area (Å²) in [7, 11) is 0.